The van der Waals surface area contributed by atoms with Gasteiger partial charge in [0.25, 0.3) is 5.91 Å². The van der Waals surface area contributed by atoms with Gasteiger partial charge in [-0.1, -0.05) is 0 Å². The molecule has 0 aromatic carbocycles. The van der Waals surface area contributed by atoms with Gasteiger partial charge in [-0.15, -0.1) is 0 Å². The number of piperidine rings is 2. The molecule has 138 valence electrons. The van der Waals surface area contributed by atoms with Gasteiger partial charge < -0.3 is 10.2 Å². The van der Waals surface area contributed by atoms with Gasteiger partial charge in [0.15, 0.2) is 0 Å². The van der Waals surface area contributed by atoms with Crippen LogP contribution in [0.1, 0.15) is 50.0 Å². The van der Waals surface area contributed by atoms with Gasteiger partial charge in [0.1, 0.15) is 12.0 Å². The summed E-state index contributed by atoms with van der Waals surface area (Å²) < 4.78 is 0. The van der Waals surface area contributed by atoms with Gasteiger partial charge in [-0.3, -0.25) is 9.69 Å². The van der Waals surface area contributed by atoms with Crippen LogP contribution in [-0.2, 0) is 0 Å². The molecule has 6 heteroatoms. The van der Waals surface area contributed by atoms with E-state index in [-0.39, 0.29) is 5.91 Å². The summed E-state index contributed by atoms with van der Waals surface area (Å²) in [5, 5.41) is 3.05. The van der Waals surface area contributed by atoms with E-state index in [1.807, 2.05) is 0 Å². The summed E-state index contributed by atoms with van der Waals surface area (Å²) in [5.74, 6) is 0.451. The predicted molar refractivity (Wildman–Crippen MR) is 98.4 cm³/mol. The van der Waals surface area contributed by atoms with Gasteiger partial charge in [0.2, 0.25) is 0 Å². The highest BCUT2D eigenvalue weighted by atomic mass is 16.1. The molecular weight excluding hydrogens is 314 g/mol. The molecule has 3 rings (SSSR count). The van der Waals surface area contributed by atoms with E-state index < -0.39 is 0 Å². The summed E-state index contributed by atoms with van der Waals surface area (Å²) in [7, 11) is 0. The molecule has 0 spiro atoms. The van der Waals surface area contributed by atoms with Crippen LogP contribution < -0.4 is 5.32 Å². The van der Waals surface area contributed by atoms with E-state index in [2.05, 4.69) is 38.9 Å². The fourth-order valence-corrected chi connectivity index (χ4v) is 4.12. The minimum atomic E-state index is -0.0928. The van der Waals surface area contributed by atoms with E-state index in [9.17, 15) is 4.79 Å². The maximum atomic E-state index is 12.1. The monoisotopic (exact) mass is 345 g/mol. The Morgan fingerprint density at radius 3 is 2.76 bits per heavy atom. The van der Waals surface area contributed by atoms with E-state index in [0.29, 0.717) is 17.7 Å². The number of nitrogens with zero attached hydrogens (tertiary/aromatic N) is 4. The van der Waals surface area contributed by atoms with Gasteiger partial charge in [-0.05, 0) is 71.1 Å². The second-order valence-electron chi connectivity index (χ2n) is 7.67. The highest BCUT2D eigenvalue weighted by Crippen LogP contribution is 2.24. The zero-order chi connectivity index (χ0) is 17.6. The molecule has 1 amide bonds. The van der Waals surface area contributed by atoms with Crippen molar-refractivity contribution < 1.29 is 4.79 Å². The zero-order valence-corrected chi connectivity index (χ0v) is 15.5. The lowest BCUT2D eigenvalue weighted by Crippen LogP contribution is -2.50. The first-order valence-electron chi connectivity index (χ1n) is 9.66. The quantitative estimate of drug-likeness (QED) is 0.882. The number of likely N-dealkylation sites (tertiary alicyclic amines) is 2. The van der Waals surface area contributed by atoms with Crippen molar-refractivity contribution in [3.63, 3.8) is 0 Å². The number of hydrogen-bond donors (Lipinski definition) is 1. The van der Waals surface area contributed by atoms with Crippen molar-refractivity contribution in [1.82, 2.24) is 25.1 Å². The molecule has 2 aliphatic heterocycles. The molecule has 1 aromatic rings. The minimum absolute atomic E-state index is 0.0928. The van der Waals surface area contributed by atoms with Crippen LogP contribution in [0.2, 0.25) is 0 Å². The largest absolute Gasteiger partial charge is 0.350 e. The molecule has 1 unspecified atom stereocenters. The molecule has 2 fully saturated rings. The van der Waals surface area contributed by atoms with Gasteiger partial charge in [0.05, 0.1) is 0 Å². The first-order chi connectivity index (χ1) is 12.1. The molecule has 1 atom stereocenters. The standard InChI is InChI=1S/C19H31N5O/c1-15(2)23-10-6-17(7-11-23)24-9-3-4-16(13-24)12-21-19(25)18-5-8-20-14-22-18/h5,8,14-17H,3-4,6-7,9-13H2,1-2H3,(H,21,25). The highest BCUT2D eigenvalue weighted by molar-refractivity contribution is 5.92. The molecule has 6 nitrogen and oxygen atoms in total. The smallest absolute Gasteiger partial charge is 0.270 e. The first-order valence-corrected chi connectivity index (χ1v) is 9.66. The Bertz CT molecular complexity index is 542. The normalized spacial score (nSPS) is 23.7. The van der Waals surface area contributed by atoms with Crippen LogP contribution in [0.4, 0.5) is 0 Å². The Balaban J connectivity index is 1.45. The molecule has 0 radical (unpaired) electrons. The Morgan fingerprint density at radius 1 is 1.28 bits per heavy atom. The van der Waals surface area contributed by atoms with Crippen molar-refractivity contribution in [2.75, 3.05) is 32.7 Å². The number of hydrogen-bond acceptors (Lipinski definition) is 5. The molecule has 2 saturated heterocycles. The third-order valence-corrected chi connectivity index (χ3v) is 5.66. The van der Waals surface area contributed by atoms with Crippen LogP contribution in [0.5, 0.6) is 0 Å². The van der Waals surface area contributed by atoms with E-state index in [0.717, 1.165) is 19.1 Å². The molecule has 0 aliphatic carbocycles. The summed E-state index contributed by atoms with van der Waals surface area (Å²) in [6.07, 6.45) is 8.01. The maximum Gasteiger partial charge on any atom is 0.270 e. The van der Waals surface area contributed by atoms with Crippen molar-refractivity contribution in [2.24, 2.45) is 5.92 Å². The van der Waals surface area contributed by atoms with Crippen LogP contribution in [0.15, 0.2) is 18.6 Å². The molecule has 3 heterocycles. The van der Waals surface area contributed by atoms with Crippen molar-refractivity contribution in [1.29, 1.82) is 0 Å². The van der Waals surface area contributed by atoms with Crippen molar-refractivity contribution in [2.45, 2.75) is 51.6 Å². The maximum absolute atomic E-state index is 12.1. The lowest BCUT2D eigenvalue weighted by atomic mass is 9.93. The molecule has 2 aliphatic rings. The van der Waals surface area contributed by atoms with Crippen LogP contribution in [0.25, 0.3) is 0 Å². The fraction of sp³-hybridized carbons (Fsp3) is 0.737. The SMILES string of the molecule is CC(C)N1CCC(N2CCCC(CNC(=O)c3ccncn3)C2)CC1. The second kappa shape index (κ2) is 8.72. The fourth-order valence-electron chi connectivity index (χ4n) is 4.12. The summed E-state index contributed by atoms with van der Waals surface area (Å²) in [6, 6.07) is 3.03. The molecule has 0 bridgehead atoms. The summed E-state index contributed by atoms with van der Waals surface area (Å²) in [4.78, 5) is 25.3. The first kappa shape index (κ1) is 18.3. The van der Waals surface area contributed by atoms with Gasteiger partial charge >= 0.3 is 0 Å². The topological polar surface area (TPSA) is 61.4 Å². The van der Waals surface area contributed by atoms with Crippen LogP contribution in [0, 0.1) is 5.92 Å². The van der Waals surface area contributed by atoms with Gasteiger partial charge in [-0.25, -0.2) is 9.97 Å². The molecule has 25 heavy (non-hydrogen) atoms. The number of rotatable bonds is 5. The Hall–Kier alpha value is -1.53. The Morgan fingerprint density at radius 2 is 2.08 bits per heavy atom. The Labute approximate surface area is 151 Å². The lowest BCUT2D eigenvalue weighted by molar-refractivity contribution is 0.0608. The van der Waals surface area contributed by atoms with E-state index in [1.165, 1.54) is 51.6 Å². The van der Waals surface area contributed by atoms with Crippen LogP contribution in [0.3, 0.4) is 0 Å². The summed E-state index contributed by atoms with van der Waals surface area (Å²) in [6.45, 7) is 10.1. The van der Waals surface area contributed by atoms with Crippen LogP contribution in [-0.4, -0.2) is 70.5 Å². The summed E-state index contributed by atoms with van der Waals surface area (Å²) >= 11 is 0. The van der Waals surface area contributed by atoms with Crippen LogP contribution >= 0.6 is 0 Å². The van der Waals surface area contributed by atoms with Crippen molar-refractivity contribution in [3.05, 3.63) is 24.3 Å². The number of nitrogens with one attached hydrogen (secondary N) is 1. The minimum Gasteiger partial charge on any atom is -0.350 e. The third kappa shape index (κ3) is 4.98. The molecular formula is C19H31N5O. The Kier molecular flexibility index (Phi) is 6.37. The summed E-state index contributed by atoms with van der Waals surface area (Å²) in [5.41, 5.74) is 0.448. The number of carbonyl (C=O) groups is 1. The third-order valence-electron chi connectivity index (χ3n) is 5.66. The van der Waals surface area contributed by atoms with Crippen molar-refractivity contribution >= 4 is 5.91 Å². The average Bonchev–Trinajstić information content (AvgIpc) is 2.67. The molecule has 0 saturated carbocycles. The zero-order valence-electron chi connectivity index (χ0n) is 15.5. The number of aromatic nitrogens is 2. The van der Waals surface area contributed by atoms with Crippen molar-refractivity contribution in [3.8, 4) is 0 Å². The van der Waals surface area contributed by atoms with E-state index in [4.69, 9.17) is 0 Å². The van der Waals surface area contributed by atoms with Gasteiger partial charge in [-0.2, -0.15) is 0 Å². The number of amides is 1. The number of carbonyl (C=O) groups excluding carboxylic acids is 1. The van der Waals surface area contributed by atoms with Gasteiger partial charge in [0, 0.05) is 31.4 Å². The molecule has 1 N–H and O–H groups in total. The van der Waals surface area contributed by atoms with E-state index in [1.54, 1.807) is 12.3 Å². The van der Waals surface area contributed by atoms with E-state index >= 15 is 0 Å². The highest BCUT2D eigenvalue weighted by Gasteiger charge is 2.29. The average molecular weight is 345 g/mol. The predicted octanol–water partition coefficient (Wildman–Crippen LogP) is 1.79. The lowest BCUT2D eigenvalue weighted by Gasteiger charge is -2.43. The molecule has 1 aromatic heterocycles. The second-order valence-corrected chi connectivity index (χ2v) is 7.67.